The van der Waals surface area contributed by atoms with Crippen molar-refractivity contribution in [2.75, 3.05) is 4.90 Å². The van der Waals surface area contributed by atoms with Crippen molar-refractivity contribution >= 4 is 63.8 Å². The highest BCUT2D eigenvalue weighted by Gasteiger charge is 2.69. The average molecular weight is 529 g/mol. The van der Waals surface area contributed by atoms with Crippen LogP contribution in [0.3, 0.4) is 0 Å². The van der Waals surface area contributed by atoms with Crippen LogP contribution in [0, 0.1) is 29.6 Å². The number of halogens is 2. The second-order valence-corrected chi connectivity index (χ2v) is 12.6. The van der Waals surface area contributed by atoms with Gasteiger partial charge in [0.05, 0.1) is 22.5 Å². The zero-order valence-electron chi connectivity index (χ0n) is 17.6. The van der Waals surface area contributed by atoms with Crippen molar-refractivity contribution in [2.24, 2.45) is 29.6 Å². The molecule has 1 aromatic heterocycles. The van der Waals surface area contributed by atoms with E-state index in [0.29, 0.717) is 15.7 Å². The molecule has 0 radical (unpaired) electrons. The van der Waals surface area contributed by atoms with Gasteiger partial charge in [-0.25, -0.2) is 0 Å². The number of benzene rings is 2. The van der Waals surface area contributed by atoms with Crippen LogP contribution in [0.15, 0.2) is 58.4 Å². The van der Waals surface area contributed by atoms with E-state index in [-0.39, 0.29) is 57.4 Å². The van der Waals surface area contributed by atoms with Crippen molar-refractivity contribution < 1.29 is 9.59 Å². The number of carbonyl (C=O) groups excluding carboxylic acids is 2. The van der Waals surface area contributed by atoms with E-state index in [1.54, 1.807) is 36.0 Å². The summed E-state index contributed by atoms with van der Waals surface area (Å²) in [6.45, 7) is 0. The van der Waals surface area contributed by atoms with E-state index in [4.69, 9.17) is 23.2 Å². The minimum absolute atomic E-state index is 0.00546. The molecule has 172 valence electrons. The van der Waals surface area contributed by atoms with Gasteiger partial charge in [0.2, 0.25) is 11.8 Å². The number of nitrogens with one attached hydrogen (secondary N) is 1. The lowest BCUT2D eigenvalue weighted by atomic mass is 9.68. The lowest BCUT2D eigenvalue weighted by Crippen LogP contribution is -2.42. The van der Waals surface area contributed by atoms with Crippen LogP contribution in [0.5, 0.6) is 0 Å². The van der Waals surface area contributed by atoms with E-state index in [9.17, 15) is 14.4 Å². The van der Waals surface area contributed by atoms with Crippen LogP contribution in [0.4, 0.5) is 5.69 Å². The number of aromatic amines is 1. The van der Waals surface area contributed by atoms with Gasteiger partial charge in [-0.05, 0) is 66.1 Å². The largest absolute Gasteiger partial charge is 0.307 e. The summed E-state index contributed by atoms with van der Waals surface area (Å²) in [7, 11) is 0. The molecule has 34 heavy (non-hydrogen) atoms. The molecule has 7 atom stereocenters. The highest BCUT2D eigenvalue weighted by Crippen LogP contribution is 2.68. The number of fused-ring (bicyclic) bond motifs is 9. The minimum atomic E-state index is -0.318. The van der Waals surface area contributed by atoms with E-state index in [0.717, 1.165) is 21.9 Å². The maximum atomic E-state index is 13.7. The molecule has 2 aliphatic carbocycles. The first kappa shape index (κ1) is 21.2. The molecule has 2 bridgehead atoms. The number of nitrogens with zero attached hydrogens (tertiary/aromatic N) is 1. The number of aromatic nitrogens is 1. The number of hydrogen-bond acceptors (Lipinski definition) is 5. The molecule has 1 saturated heterocycles. The molecule has 3 heterocycles. The van der Waals surface area contributed by atoms with Crippen molar-refractivity contribution in [1.82, 2.24) is 4.98 Å². The molecule has 5 nitrogen and oxygen atoms in total. The van der Waals surface area contributed by atoms with Crippen molar-refractivity contribution in [3.05, 3.63) is 78.7 Å². The van der Waals surface area contributed by atoms with Gasteiger partial charge in [-0.2, -0.15) is 0 Å². The van der Waals surface area contributed by atoms with Gasteiger partial charge < -0.3 is 4.98 Å². The molecule has 0 unspecified atom stereocenters. The monoisotopic (exact) mass is 528 g/mol. The Balaban J connectivity index is 1.32. The summed E-state index contributed by atoms with van der Waals surface area (Å²) in [6.07, 6.45) is 0.868. The lowest BCUT2D eigenvalue weighted by Gasteiger charge is -2.43. The summed E-state index contributed by atoms with van der Waals surface area (Å²) in [5.41, 5.74) is 1.69. The molecule has 0 spiro atoms. The minimum Gasteiger partial charge on any atom is -0.307 e. The van der Waals surface area contributed by atoms with Crippen molar-refractivity contribution in [3.63, 3.8) is 0 Å². The summed E-state index contributed by atoms with van der Waals surface area (Å²) < 4.78 is 0. The smallest absolute Gasteiger partial charge is 0.305 e. The number of amides is 2. The van der Waals surface area contributed by atoms with Gasteiger partial charge in [0.1, 0.15) is 0 Å². The molecular formula is C25H18Cl2N2O3S2. The fourth-order valence-electron chi connectivity index (χ4n) is 6.90. The van der Waals surface area contributed by atoms with Gasteiger partial charge in [-0.1, -0.05) is 46.7 Å². The predicted octanol–water partition coefficient (Wildman–Crippen LogP) is 5.42. The Labute approximate surface area is 213 Å². The number of thiazole rings is 1. The van der Waals surface area contributed by atoms with Crippen LogP contribution >= 0.6 is 46.3 Å². The van der Waals surface area contributed by atoms with E-state index in [1.807, 2.05) is 24.3 Å². The van der Waals surface area contributed by atoms with Crippen molar-refractivity contribution in [2.45, 2.75) is 22.6 Å². The van der Waals surface area contributed by atoms with Gasteiger partial charge in [-0.3, -0.25) is 19.3 Å². The van der Waals surface area contributed by atoms with Crippen LogP contribution in [0.25, 0.3) is 0 Å². The second-order valence-electron chi connectivity index (χ2n) is 9.50. The first-order chi connectivity index (χ1) is 16.4. The molecule has 2 aromatic carbocycles. The van der Waals surface area contributed by atoms with Gasteiger partial charge in [-0.15, -0.1) is 11.8 Å². The Morgan fingerprint density at radius 2 is 1.47 bits per heavy atom. The van der Waals surface area contributed by atoms with Gasteiger partial charge >= 0.3 is 4.87 Å². The molecule has 2 amide bonds. The van der Waals surface area contributed by atoms with Crippen LogP contribution in [0.2, 0.25) is 10.0 Å². The first-order valence-electron chi connectivity index (χ1n) is 11.2. The van der Waals surface area contributed by atoms with Gasteiger partial charge in [0.15, 0.2) is 0 Å². The SMILES string of the molecule is O=C1[C@H]2[C@H]3C[C@@H]([C@@H]4Sc5[nH]c(=O)sc5[C@H](c5ccc(Cl)cc5)[C@H]34)[C@@H]2C(=O)N1c1ccc(Cl)cc1. The standard InChI is InChI=1S/C25H18Cl2N2O3S2/c26-11-3-1-10(2-4-11)16-17-14-9-15(20(17)33-22-21(16)34-25(32)28-22)19-18(14)23(30)29(24(19)31)13-7-5-12(27)6-8-13/h1-8,14-20H,9H2,(H,28,32)/t14-,15+,16+,17-,18-,19-,20-/m0/s1. The number of hydrogen-bond donors (Lipinski definition) is 1. The Kier molecular flexibility index (Phi) is 4.67. The summed E-state index contributed by atoms with van der Waals surface area (Å²) in [6, 6.07) is 14.7. The van der Waals surface area contributed by atoms with Crippen molar-refractivity contribution in [3.8, 4) is 0 Å². The summed E-state index contributed by atoms with van der Waals surface area (Å²) >= 11 is 15.2. The number of rotatable bonds is 2. The number of anilines is 1. The van der Waals surface area contributed by atoms with Crippen LogP contribution in [-0.4, -0.2) is 22.0 Å². The maximum absolute atomic E-state index is 13.7. The maximum Gasteiger partial charge on any atom is 0.305 e. The third kappa shape index (κ3) is 2.84. The Morgan fingerprint density at radius 1 is 0.853 bits per heavy atom. The molecule has 4 aliphatic rings. The van der Waals surface area contributed by atoms with Crippen LogP contribution < -0.4 is 9.77 Å². The molecule has 3 fully saturated rings. The number of H-pyrrole nitrogens is 1. The van der Waals surface area contributed by atoms with E-state index >= 15 is 0 Å². The molecule has 9 heteroatoms. The molecule has 2 aliphatic heterocycles. The number of thioether (sulfide) groups is 1. The first-order valence-corrected chi connectivity index (χ1v) is 13.7. The predicted molar refractivity (Wildman–Crippen MR) is 134 cm³/mol. The third-order valence-electron chi connectivity index (χ3n) is 8.04. The molecule has 7 rings (SSSR count). The molecule has 1 N–H and O–H groups in total. The van der Waals surface area contributed by atoms with Gasteiger partial charge in [0, 0.05) is 26.1 Å². The van der Waals surface area contributed by atoms with E-state index in [1.165, 1.54) is 16.2 Å². The second kappa shape index (κ2) is 7.47. The number of imide groups is 1. The lowest BCUT2D eigenvalue weighted by molar-refractivity contribution is -0.123. The van der Waals surface area contributed by atoms with Crippen LogP contribution in [0.1, 0.15) is 22.8 Å². The third-order valence-corrected chi connectivity index (χ3v) is 11.1. The highest BCUT2D eigenvalue weighted by atomic mass is 35.5. The average Bonchev–Trinajstić information content (AvgIpc) is 3.54. The quantitative estimate of drug-likeness (QED) is 0.450. The molecular weight excluding hydrogens is 511 g/mol. The van der Waals surface area contributed by atoms with Gasteiger partial charge in [0.25, 0.3) is 0 Å². The normalized spacial score (nSPS) is 33.2. The Hall–Kier alpha value is -2.06. The van der Waals surface area contributed by atoms with E-state index < -0.39 is 0 Å². The highest BCUT2D eigenvalue weighted by molar-refractivity contribution is 8.00. The number of carbonyl (C=O) groups is 2. The summed E-state index contributed by atoms with van der Waals surface area (Å²) in [5, 5.41) is 2.31. The fourth-order valence-corrected chi connectivity index (χ4v) is 10.0. The van der Waals surface area contributed by atoms with Crippen molar-refractivity contribution in [1.29, 1.82) is 0 Å². The van der Waals surface area contributed by atoms with E-state index in [2.05, 4.69) is 4.98 Å². The summed E-state index contributed by atoms with van der Waals surface area (Å²) in [5.74, 6) is -0.448. The molecule has 2 saturated carbocycles. The van der Waals surface area contributed by atoms with Crippen LogP contribution in [-0.2, 0) is 9.59 Å². The Bertz CT molecular complexity index is 1400. The Morgan fingerprint density at radius 3 is 2.15 bits per heavy atom. The molecule has 3 aromatic rings. The fraction of sp³-hybridized carbons (Fsp3) is 0.320. The summed E-state index contributed by atoms with van der Waals surface area (Å²) in [4.78, 5) is 44.9. The zero-order chi connectivity index (χ0) is 23.3. The zero-order valence-corrected chi connectivity index (χ0v) is 20.8. The topological polar surface area (TPSA) is 70.2 Å².